The minimum atomic E-state index is -1.26. The molecule has 0 saturated carbocycles. The summed E-state index contributed by atoms with van der Waals surface area (Å²) in [6, 6.07) is 11.6. The van der Waals surface area contributed by atoms with Crippen LogP contribution < -0.4 is 0 Å². The van der Waals surface area contributed by atoms with Crippen molar-refractivity contribution in [2.75, 3.05) is 6.54 Å². The first kappa shape index (κ1) is 16.6. The van der Waals surface area contributed by atoms with Crippen LogP contribution in [0.1, 0.15) is 25.8 Å². The number of esters is 2. The lowest BCUT2D eigenvalue weighted by Crippen LogP contribution is -2.42. The highest BCUT2D eigenvalue weighted by molar-refractivity contribution is 6.15. The minimum Gasteiger partial charge on any atom is -0.419 e. The van der Waals surface area contributed by atoms with Gasteiger partial charge in [-0.25, -0.2) is 9.59 Å². The fourth-order valence-electron chi connectivity index (χ4n) is 2.15. The molecule has 0 radical (unpaired) electrons. The molecule has 0 unspecified atom stereocenters. The maximum Gasteiger partial charge on any atom is 0.350 e. The molecule has 6 heteroatoms. The first-order valence-corrected chi connectivity index (χ1v) is 7.25. The van der Waals surface area contributed by atoms with Gasteiger partial charge < -0.3 is 14.4 Å². The van der Waals surface area contributed by atoms with E-state index in [4.69, 9.17) is 14.7 Å². The number of benzene rings is 1. The van der Waals surface area contributed by atoms with Crippen molar-refractivity contribution in [2.45, 2.75) is 32.6 Å². The lowest BCUT2D eigenvalue weighted by Gasteiger charge is -2.30. The van der Waals surface area contributed by atoms with Gasteiger partial charge in [-0.05, 0) is 5.56 Å². The Morgan fingerprint density at radius 1 is 1.17 bits per heavy atom. The second-order valence-electron chi connectivity index (χ2n) is 5.59. The van der Waals surface area contributed by atoms with Crippen molar-refractivity contribution in [3.05, 3.63) is 47.7 Å². The van der Waals surface area contributed by atoms with Crippen LogP contribution in [0.4, 0.5) is 0 Å². The molecular weight excluding hydrogens is 296 g/mol. The number of ether oxygens (including phenoxy) is 2. The molecule has 6 nitrogen and oxygen atoms in total. The van der Waals surface area contributed by atoms with Crippen molar-refractivity contribution in [1.29, 1.82) is 5.26 Å². The van der Waals surface area contributed by atoms with Crippen molar-refractivity contribution in [3.63, 3.8) is 0 Å². The zero-order valence-electron chi connectivity index (χ0n) is 13.1. The number of hydrogen-bond acceptors (Lipinski definition) is 6. The molecule has 1 aliphatic heterocycles. The Hall–Kier alpha value is -2.81. The molecule has 1 aromatic carbocycles. The summed E-state index contributed by atoms with van der Waals surface area (Å²) in [5.74, 6) is -2.70. The van der Waals surface area contributed by atoms with Crippen LogP contribution in [0.5, 0.6) is 0 Å². The summed E-state index contributed by atoms with van der Waals surface area (Å²) in [4.78, 5) is 25.7. The van der Waals surface area contributed by atoms with Gasteiger partial charge in [0.05, 0.1) is 12.5 Å². The van der Waals surface area contributed by atoms with Crippen molar-refractivity contribution < 1.29 is 19.1 Å². The summed E-state index contributed by atoms with van der Waals surface area (Å²) in [6.45, 7) is 3.85. The van der Waals surface area contributed by atoms with Crippen LogP contribution in [0.15, 0.2) is 42.1 Å². The number of carbonyl (C=O) groups excluding carboxylic acids is 2. The Bertz CT molecular complexity index is 637. The standard InChI is InChI=1S/C17H18N2O4/c1-17(2)22-15(20)14(16(21)23-17)12-19(10-6-9-18)11-13-7-4-3-5-8-13/h3-5,7-8,12H,6,10-11H2,1-2H3. The Balaban J connectivity index is 2.20. The number of rotatable bonds is 5. The molecule has 1 heterocycles. The number of carbonyl (C=O) groups is 2. The molecule has 0 aromatic heterocycles. The molecule has 0 spiro atoms. The zero-order chi connectivity index (χ0) is 16.9. The van der Waals surface area contributed by atoms with E-state index < -0.39 is 17.7 Å². The van der Waals surface area contributed by atoms with E-state index in [0.717, 1.165) is 5.56 Å². The van der Waals surface area contributed by atoms with Crippen molar-refractivity contribution in [3.8, 4) is 6.07 Å². The van der Waals surface area contributed by atoms with Crippen LogP contribution in [0.25, 0.3) is 0 Å². The molecule has 120 valence electrons. The van der Waals surface area contributed by atoms with Gasteiger partial charge in [0.25, 0.3) is 5.79 Å². The summed E-state index contributed by atoms with van der Waals surface area (Å²) < 4.78 is 10.1. The number of cyclic esters (lactones) is 2. The van der Waals surface area contributed by atoms with Crippen LogP contribution in [-0.4, -0.2) is 29.2 Å². The second-order valence-corrected chi connectivity index (χ2v) is 5.59. The van der Waals surface area contributed by atoms with Gasteiger partial charge in [0.2, 0.25) is 0 Å². The van der Waals surface area contributed by atoms with E-state index >= 15 is 0 Å². The van der Waals surface area contributed by atoms with Gasteiger partial charge in [-0.1, -0.05) is 30.3 Å². The van der Waals surface area contributed by atoms with Gasteiger partial charge in [0.15, 0.2) is 5.57 Å². The highest BCUT2D eigenvalue weighted by atomic mass is 16.7. The monoisotopic (exact) mass is 314 g/mol. The largest absolute Gasteiger partial charge is 0.419 e. The predicted molar refractivity (Wildman–Crippen MR) is 81.4 cm³/mol. The van der Waals surface area contributed by atoms with Crippen LogP contribution in [0.3, 0.4) is 0 Å². The van der Waals surface area contributed by atoms with E-state index in [9.17, 15) is 9.59 Å². The summed E-state index contributed by atoms with van der Waals surface area (Å²) in [7, 11) is 0. The van der Waals surface area contributed by atoms with Gasteiger partial charge in [-0.15, -0.1) is 0 Å². The Kier molecular flexibility index (Phi) is 5.02. The topological polar surface area (TPSA) is 79.6 Å². The summed E-state index contributed by atoms with van der Waals surface area (Å²) in [5.41, 5.74) is 0.832. The van der Waals surface area contributed by atoms with E-state index in [1.54, 1.807) is 4.90 Å². The summed E-state index contributed by atoms with van der Waals surface area (Å²) in [5, 5.41) is 8.78. The lowest BCUT2D eigenvalue weighted by molar-refractivity contribution is -0.222. The predicted octanol–water partition coefficient (Wildman–Crippen LogP) is 2.12. The van der Waals surface area contributed by atoms with Crippen LogP contribution in [0.2, 0.25) is 0 Å². The molecule has 0 bridgehead atoms. The molecule has 0 N–H and O–H groups in total. The molecule has 1 fully saturated rings. The Morgan fingerprint density at radius 3 is 2.35 bits per heavy atom. The third-order valence-corrected chi connectivity index (χ3v) is 3.17. The fourth-order valence-corrected chi connectivity index (χ4v) is 2.15. The second kappa shape index (κ2) is 6.97. The minimum absolute atomic E-state index is 0.168. The van der Waals surface area contributed by atoms with Gasteiger partial charge in [-0.2, -0.15) is 5.26 Å². The molecule has 1 aromatic rings. The van der Waals surface area contributed by atoms with Crippen LogP contribution in [-0.2, 0) is 25.6 Å². The van der Waals surface area contributed by atoms with Gasteiger partial charge in [0, 0.05) is 33.1 Å². The van der Waals surface area contributed by atoms with Gasteiger partial charge in [0.1, 0.15) is 0 Å². The molecule has 0 aliphatic carbocycles. The van der Waals surface area contributed by atoms with Crippen molar-refractivity contribution >= 4 is 11.9 Å². The fraction of sp³-hybridized carbons (Fsp3) is 0.353. The van der Waals surface area contributed by atoms with Crippen LogP contribution in [0, 0.1) is 11.3 Å². The Morgan fingerprint density at radius 2 is 1.78 bits per heavy atom. The molecule has 2 rings (SSSR count). The number of nitriles is 1. The van der Waals surface area contributed by atoms with Crippen molar-refractivity contribution in [1.82, 2.24) is 4.90 Å². The molecule has 23 heavy (non-hydrogen) atoms. The quantitative estimate of drug-likeness (QED) is 0.470. The zero-order valence-corrected chi connectivity index (χ0v) is 13.1. The van der Waals surface area contributed by atoms with E-state index in [1.807, 2.05) is 30.3 Å². The average Bonchev–Trinajstić information content (AvgIpc) is 2.48. The average molecular weight is 314 g/mol. The summed E-state index contributed by atoms with van der Waals surface area (Å²) in [6.07, 6.45) is 1.68. The molecule has 1 aliphatic rings. The smallest absolute Gasteiger partial charge is 0.350 e. The SMILES string of the molecule is CC1(C)OC(=O)C(=CN(CCC#N)Cc2ccccc2)C(=O)O1. The van der Waals surface area contributed by atoms with E-state index in [0.29, 0.717) is 13.1 Å². The summed E-state index contributed by atoms with van der Waals surface area (Å²) >= 11 is 0. The van der Waals surface area contributed by atoms with Crippen molar-refractivity contribution in [2.24, 2.45) is 0 Å². The van der Waals surface area contributed by atoms with E-state index in [2.05, 4.69) is 6.07 Å². The third-order valence-electron chi connectivity index (χ3n) is 3.17. The lowest BCUT2D eigenvalue weighted by atomic mass is 10.2. The normalized spacial score (nSPS) is 16.1. The molecule has 1 saturated heterocycles. The van der Waals surface area contributed by atoms with E-state index in [1.165, 1.54) is 20.0 Å². The molecular formula is C17H18N2O4. The Labute approximate surface area is 134 Å². The van der Waals surface area contributed by atoms with Crippen LogP contribution >= 0.6 is 0 Å². The first-order valence-electron chi connectivity index (χ1n) is 7.25. The van der Waals surface area contributed by atoms with Gasteiger partial charge in [-0.3, -0.25) is 0 Å². The molecule has 0 atom stereocenters. The maximum absolute atomic E-state index is 12.0. The highest BCUT2D eigenvalue weighted by Crippen LogP contribution is 2.23. The third kappa shape index (κ3) is 4.58. The van der Waals surface area contributed by atoms with E-state index in [-0.39, 0.29) is 12.0 Å². The number of nitrogens with zero attached hydrogens (tertiary/aromatic N) is 2. The molecule has 0 amide bonds. The first-order chi connectivity index (χ1) is 10.9. The highest BCUT2D eigenvalue weighted by Gasteiger charge is 2.39. The maximum atomic E-state index is 12.0. The van der Waals surface area contributed by atoms with Gasteiger partial charge >= 0.3 is 11.9 Å². The number of hydrogen-bond donors (Lipinski definition) is 0.